The molecule has 0 aromatic heterocycles. The summed E-state index contributed by atoms with van der Waals surface area (Å²) in [4.78, 5) is 13.5. The Balaban J connectivity index is 0. The molecule has 132 valence electrons. The third kappa shape index (κ3) is 15.4. The molecular weight excluding hydrogens is 308 g/mol. The fraction of sp³-hybridized carbons (Fsp3) is 0.786. The predicted molar refractivity (Wildman–Crippen MR) is 87.7 cm³/mol. The maximum Gasteiger partial charge on any atom is 0.397 e. The van der Waals surface area contributed by atoms with Gasteiger partial charge in [0.2, 0.25) is 5.91 Å². The number of amides is 1. The summed E-state index contributed by atoms with van der Waals surface area (Å²) in [6.07, 6.45) is 6.16. The van der Waals surface area contributed by atoms with Gasteiger partial charge in [0.25, 0.3) is 0 Å². The average Bonchev–Trinajstić information content (AvgIpc) is 2.47. The highest BCUT2D eigenvalue weighted by Gasteiger charge is 2.13. The second-order valence-electron chi connectivity index (χ2n) is 4.73. The summed E-state index contributed by atoms with van der Waals surface area (Å²) in [5.41, 5.74) is 0. The molecule has 2 N–H and O–H groups in total. The van der Waals surface area contributed by atoms with E-state index in [1.54, 1.807) is 0 Å². The predicted octanol–water partition coefficient (Wildman–Crippen LogP) is 1.97. The van der Waals surface area contributed by atoms with Crippen molar-refractivity contribution < 1.29 is 21.9 Å². The van der Waals surface area contributed by atoms with Crippen molar-refractivity contribution in [3.63, 3.8) is 0 Å². The molecule has 0 aliphatic rings. The zero-order chi connectivity index (χ0) is 17.6. The van der Waals surface area contributed by atoms with E-state index >= 15 is 0 Å². The molecule has 0 aliphatic carbocycles. The van der Waals surface area contributed by atoms with Crippen LogP contribution in [0.3, 0.4) is 0 Å². The fourth-order valence-corrected chi connectivity index (χ4v) is 1.58. The van der Waals surface area contributed by atoms with Crippen LogP contribution in [0.5, 0.6) is 0 Å². The van der Waals surface area contributed by atoms with Crippen LogP contribution >= 0.6 is 0 Å². The molecule has 0 heterocycles. The maximum absolute atomic E-state index is 11.2. The van der Waals surface area contributed by atoms with Gasteiger partial charge in [0.15, 0.2) is 0 Å². The van der Waals surface area contributed by atoms with Gasteiger partial charge < -0.3 is 5.32 Å². The van der Waals surface area contributed by atoms with Gasteiger partial charge in [-0.2, -0.15) is 8.42 Å². The number of hydrogen-bond acceptors (Lipinski definition) is 5. The number of nitrogens with zero attached hydrogens (tertiary/aromatic N) is 1. The summed E-state index contributed by atoms with van der Waals surface area (Å²) in [6, 6.07) is 0. The van der Waals surface area contributed by atoms with Crippen LogP contribution < -0.4 is 5.32 Å². The lowest BCUT2D eigenvalue weighted by Crippen LogP contribution is -2.46. The first-order valence-corrected chi connectivity index (χ1v) is 8.78. The topological polar surface area (TPSA) is 95.9 Å². The monoisotopic (exact) mass is 338 g/mol. The van der Waals surface area contributed by atoms with Gasteiger partial charge >= 0.3 is 10.4 Å². The lowest BCUT2D eigenvalue weighted by molar-refractivity contribution is -0.118. The standard InChI is InChI=1S/C13H26N2O.CH4O4S/c1-5-8-10-15(11-9-6-2)12(4)14-13(16)7-3;1-5-6(2,3)4/h7,12H,3,5-6,8-11H2,1-2,4H3,(H,14,16);1H3,(H,2,3,4). The van der Waals surface area contributed by atoms with Gasteiger partial charge in [-0.25, -0.2) is 0 Å². The molecule has 0 saturated heterocycles. The Kier molecular flexibility index (Phi) is 14.5. The van der Waals surface area contributed by atoms with E-state index in [2.05, 4.69) is 34.8 Å². The van der Waals surface area contributed by atoms with Gasteiger partial charge in [-0.1, -0.05) is 33.3 Å². The molecule has 8 heteroatoms. The van der Waals surface area contributed by atoms with Crippen LogP contribution in [-0.2, 0) is 19.4 Å². The molecule has 7 nitrogen and oxygen atoms in total. The van der Waals surface area contributed by atoms with Crippen LogP contribution in [0.25, 0.3) is 0 Å². The van der Waals surface area contributed by atoms with E-state index in [1.165, 1.54) is 31.8 Å². The van der Waals surface area contributed by atoms with Gasteiger partial charge in [0.05, 0.1) is 13.3 Å². The van der Waals surface area contributed by atoms with Crippen molar-refractivity contribution >= 4 is 16.3 Å². The van der Waals surface area contributed by atoms with E-state index in [-0.39, 0.29) is 12.1 Å². The van der Waals surface area contributed by atoms with E-state index in [0.29, 0.717) is 0 Å². The average molecular weight is 338 g/mol. The highest BCUT2D eigenvalue weighted by Crippen LogP contribution is 2.03. The number of rotatable bonds is 10. The second kappa shape index (κ2) is 13.7. The van der Waals surface area contributed by atoms with Crippen LogP contribution in [0.1, 0.15) is 46.5 Å². The minimum absolute atomic E-state index is 0.0921. The first kappa shape index (κ1) is 23.3. The summed E-state index contributed by atoms with van der Waals surface area (Å²) >= 11 is 0. The maximum atomic E-state index is 11.2. The zero-order valence-corrected chi connectivity index (χ0v) is 14.9. The van der Waals surface area contributed by atoms with Gasteiger partial charge in [-0.05, 0) is 25.8 Å². The molecule has 0 aromatic carbocycles. The molecule has 0 radical (unpaired) electrons. The third-order valence-corrected chi connectivity index (χ3v) is 3.31. The van der Waals surface area contributed by atoms with Crippen LogP contribution in [0.15, 0.2) is 12.7 Å². The fourth-order valence-electron chi connectivity index (χ4n) is 1.58. The lowest BCUT2D eigenvalue weighted by atomic mass is 10.2. The van der Waals surface area contributed by atoms with E-state index in [0.717, 1.165) is 20.2 Å². The van der Waals surface area contributed by atoms with Crippen LogP contribution in [0, 0.1) is 0 Å². The Labute approximate surface area is 134 Å². The lowest BCUT2D eigenvalue weighted by Gasteiger charge is -2.29. The molecule has 0 spiro atoms. The first-order chi connectivity index (χ1) is 10.2. The largest absolute Gasteiger partial charge is 0.397 e. The highest BCUT2D eigenvalue weighted by molar-refractivity contribution is 7.80. The quantitative estimate of drug-likeness (QED) is 0.359. The first-order valence-electron chi connectivity index (χ1n) is 7.41. The summed E-state index contributed by atoms with van der Waals surface area (Å²) in [6.45, 7) is 12.0. The van der Waals surface area contributed by atoms with Crippen molar-refractivity contribution in [1.82, 2.24) is 10.2 Å². The Bertz CT molecular complexity index is 390. The molecule has 0 rings (SSSR count). The summed E-state index contributed by atoms with van der Waals surface area (Å²) in [7, 11) is -3.29. The Morgan fingerprint density at radius 2 is 1.73 bits per heavy atom. The molecule has 1 amide bonds. The summed E-state index contributed by atoms with van der Waals surface area (Å²) in [5.74, 6) is -0.0921. The molecule has 1 unspecified atom stereocenters. The smallest absolute Gasteiger partial charge is 0.337 e. The van der Waals surface area contributed by atoms with Gasteiger partial charge in [-0.3, -0.25) is 18.4 Å². The van der Waals surface area contributed by atoms with Crippen molar-refractivity contribution in [2.24, 2.45) is 0 Å². The van der Waals surface area contributed by atoms with Gasteiger partial charge in [0.1, 0.15) is 0 Å². The van der Waals surface area contributed by atoms with Crippen LogP contribution in [0.4, 0.5) is 0 Å². The Morgan fingerprint density at radius 1 is 1.32 bits per heavy atom. The van der Waals surface area contributed by atoms with Crippen molar-refractivity contribution in [1.29, 1.82) is 0 Å². The highest BCUT2D eigenvalue weighted by atomic mass is 32.3. The van der Waals surface area contributed by atoms with Crippen molar-refractivity contribution in [2.45, 2.75) is 52.6 Å². The van der Waals surface area contributed by atoms with Crippen molar-refractivity contribution in [3.8, 4) is 0 Å². The molecule has 0 bridgehead atoms. The number of carbonyl (C=O) groups excluding carboxylic acids is 1. The van der Waals surface area contributed by atoms with Crippen LogP contribution in [-0.4, -0.2) is 50.1 Å². The molecule has 1 atom stereocenters. The number of nitrogens with one attached hydrogen (secondary N) is 1. The third-order valence-electron chi connectivity index (χ3n) is 2.89. The van der Waals surface area contributed by atoms with Crippen LogP contribution in [0.2, 0.25) is 0 Å². The van der Waals surface area contributed by atoms with E-state index in [1.807, 2.05) is 6.92 Å². The van der Waals surface area contributed by atoms with E-state index < -0.39 is 10.4 Å². The van der Waals surface area contributed by atoms with E-state index in [9.17, 15) is 13.2 Å². The normalized spacial score (nSPS) is 12.3. The zero-order valence-electron chi connectivity index (χ0n) is 14.0. The number of hydrogen-bond donors (Lipinski definition) is 2. The minimum atomic E-state index is -4.16. The SMILES string of the molecule is C=CC(=O)NC(C)N(CCCC)CCCC.COS(=O)(=O)O. The minimum Gasteiger partial charge on any atom is -0.337 e. The number of unbranched alkanes of at least 4 members (excludes halogenated alkanes) is 2. The summed E-state index contributed by atoms with van der Waals surface area (Å²) < 4.78 is 29.7. The molecule has 0 fully saturated rings. The molecule has 0 aromatic rings. The molecule has 0 aliphatic heterocycles. The van der Waals surface area contributed by atoms with Crippen molar-refractivity contribution in [3.05, 3.63) is 12.7 Å². The van der Waals surface area contributed by atoms with E-state index in [4.69, 9.17) is 4.55 Å². The van der Waals surface area contributed by atoms with Gasteiger partial charge in [0, 0.05) is 13.1 Å². The molecule has 0 saturated carbocycles. The Morgan fingerprint density at radius 3 is 2.00 bits per heavy atom. The second-order valence-corrected chi connectivity index (χ2v) is 5.91. The number of carbonyl (C=O) groups is 1. The van der Waals surface area contributed by atoms with Crippen molar-refractivity contribution in [2.75, 3.05) is 20.2 Å². The molecular formula is C14H30N2O5S. The molecule has 22 heavy (non-hydrogen) atoms. The summed E-state index contributed by atoms with van der Waals surface area (Å²) in [5, 5.41) is 2.92. The van der Waals surface area contributed by atoms with Gasteiger partial charge in [-0.15, -0.1) is 0 Å². The Hall–Kier alpha value is -0.960.